The molecule has 0 saturated heterocycles. The maximum absolute atomic E-state index is 12.9. The van der Waals surface area contributed by atoms with Gasteiger partial charge in [-0.3, -0.25) is 4.79 Å². The Bertz CT molecular complexity index is 535. The number of hydrogen-bond acceptors (Lipinski definition) is 3. The zero-order valence-corrected chi connectivity index (χ0v) is 12.0. The van der Waals surface area contributed by atoms with E-state index in [2.05, 4.69) is 4.74 Å². The highest BCUT2D eigenvalue weighted by Gasteiger charge is 2.35. The van der Waals surface area contributed by atoms with E-state index in [1.165, 1.54) is 0 Å². The van der Waals surface area contributed by atoms with E-state index in [4.69, 9.17) is 5.26 Å². The number of benzene rings is 1. The van der Waals surface area contributed by atoms with Gasteiger partial charge in [0.15, 0.2) is 0 Å². The van der Waals surface area contributed by atoms with Crippen molar-refractivity contribution in [1.82, 2.24) is 0 Å². The van der Waals surface area contributed by atoms with Gasteiger partial charge in [0.2, 0.25) is 0 Å². The van der Waals surface area contributed by atoms with Gasteiger partial charge in [0.05, 0.1) is 24.2 Å². The molecular formula is C12H9F3INO2. The van der Waals surface area contributed by atoms with Crippen LogP contribution in [0.1, 0.15) is 23.6 Å². The van der Waals surface area contributed by atoms with Crippen LogP contribution in [0.5, 0.6) is 0 Å². The van der Waals surface area contributed by atoms with Gasteiger partial charge in [-0.15, -0.1) is 0 Å². The number of alkyl halides is 3. The van der Waals surface area contributed by atoms with E-state index in [-0.39, 0.29) is 21.3 Å². The predicted molar refractivity (Wildman–Crippen MR) is 69.2 cm³/mol. The lowest BCUT2D eigenvalue weighted by Gasteiger charge is -2.14. The van der Waals surface area contributed by atoms with Crippen molar-refractivity contribution in [2.45, 2.75) is 19.5 Å². The second-order valence-electron chi connectivity index (χ2n) is 3.54. The maximum atomic E-state index is 12.9. The first-order valence-corrected chi connectivity index (χ1v) is 6.33. The largest absolute Gasteiger partial charge is 0.466 e. The summed E-state index contributed by atoms with van der Waals surface area (Å²) in [6.45, 7) is 1.66. The molecule has 1 aromatic carbocycles. The number of carbonyl (C=O) groups excluding carboxylic acids is 1. The van der Waals surface area contributed by atoms with Crippen LogP contribution in [0.4, 0.5) is 13.2 Å². The summed E-state index contributed by atoms with van der Waals surface area (Å²) in [5.41, 5.74) is -1.03. The van der Waals surface area contributed by atoms with Crippen LogP contribution in [-0.2, 0) is 22.1 Å². The minimum atomic E-state index is -4.57. The van der Waals surface area contributed by atoms with Crippen LogP contribution < -0.4 is 0 Å². The van der Waals surface area contributed by atoms with Crippen LogP contribution in [-0.4, -0.2) is 12.6 Å². The second-order valence-corrected chi connectivity index (χ2v) is 4.62. The Morgan fingerprint density at radius 1 is 1.47 bits per heavy atom. The number of rotatable bonds is 3. The number of nitrogens with zero attached hydrogens (tertiary/aromatic N) is 1. The molecule has 0 saturated carbocycles. The summed E-state index contributed by atoms with van der Waals surface area (Å²) >= 11 is 1.64. The van der Waals surface area contributed by atoms with Crippen molar-refractivity contribution in [3.63, 3.8) is 0 Å². The average Bonchev–Trinajstić information content (AvgIpc) is 2.30. The zero-order chi connectivity index (χ0) is 14.6. The van der Waals surface area contributed by atoms with E-state index in [0.29, 0.717) is 0 Å². The molecule has 0 N–H and O–H groups in total. The number of ether oxygens (including phenoxy) is 1. The standard InChI is InChI=1S/C12H9F3INO2/c1-2-19-10(18)5-8-9(12(13,14)15)4-3-7(6-17)11(8)16/h3-4H,2,5H2,1H3. The number of halogens is 4. The Morgan fingerprint density at radius 3 is 2.58 bits per heavy atom. The summed E-state index contributed by atoms with van der Waals surface area (Å²) in [6, 6.07) is 3.70. The molecule has 0 bridgehead atoms. The molecular weight excluding hydrogens is 374 g/mol. The highest BCUT2D eigenvalue weighted by molar-refractivity contribution is 14.1. The lowest BCUT2D eigenvalue weighted by Crippen LogP contribution is -2.16. The molecule has 0 fully saturated rings. The topological polar surface area (TPSA) is 50.1 Å². The minimum absolute atomic E-state index is 0.0920. The van der Waals surface area contributed by atoms with Crippen molar-refractivity contribution in [2.75, 3.05) is 6.61 Å². The monoisotopic (exact) mass is 383 g/mol. The van der Waals surface area contributed by atoms with E-state index < -0.39 is 24.1 Å². The molecule has 0 spiro atoms. The summed E-state index contributed by atoms with van der Waals surface area (Å²) in [6.07, 6.45) is -5.08. The lowest BCUT2D eigenvalue weighted by atomic mass is 10.0. The van der Waals surface area contributed by atoms with Crippen molar-refractivity contribution < 1.29 is 22.7 Å². The van der Waals surface area contributed by atoms with Crippen molar-refractivity contribution in [2.24, 2.45) is 0 Å². The van der Waals surface area contributed by atoms with Crippen molar-refractivity contribution in [3.8, 4) is 6.07 Å². The smallest absolute Gasteiger partial charge is 0.416 e. The molecule has 0 radical (unpaired) electrons. The Kier molecular flexibility index (Phi) is 5.17. The normalized spacial score (nSPS) is 10.9. The third-order valence-electron chi connectivity index (χ3n) is 2.30. The molecule has 0 aliphatic rings. The number of nitriles is 1. The number of esters is 1. The second kappa shape index (κ2) is 6.23. The van der Waals surface area contributed by atoms with Crippen LogP contribution in [0.25, 0.3) is 0 Å². The molecule has 102 valence electrons. The Balaban J connectivity index is 3.32. The fraction of sp³-hybridized carbons (Fsp3) is 0.333. The van der Waals surface area contributed by atoms with Crippen molar-refractivity contribution in [3.05, 3.63) is 32.4 Å². The molecule has 0 aliphatic heterocycles. The van der Waals surface area contributed by atoms with Crippen LogP contribution in [0.15, 0.2) is 12.1 Å². The molecule has 0 aliphatic carbocycles. The van der Waals surface area contributed by atoms with Gasteiger partial charge >= 0.3 is 12.1 Å². The lowest BCUT2D eigenvalue weighted by molar-refractivity contribution is -0.143. The maximum Gasteiger partial charge on any atom is 0.416 e. The highest BCUT2D eigenvalue weighted by Crippen LogP contribution is 2.35. The van der Waals surface area contributed by atoms with E-state index >= 15 is 0 Å². The van der Waals surface area contributed by atoms with Gasteiger partial charge in [-0.1, -0.05) is 0 Å². The average molecular weight is 383 g/mol. The number of carbonyl (C=O) groups is 1. The summed E-state index contributed by atoms with van der Waals surface area (Å²) < 4.78 is 43.4. The van der Waals surface area contributed by atoms with Crippen LogP contribution >= 0.6 is 22.6 Å². The van der Waals surface area contributed by atoms with Gasteiger partial charge in [0.1, 0.15) is 6.07 Å². The first-order chi connectivity index (χ1) is 8.81. The van der Waals surface area contributed by atoms with E-state index in [1.54, 1.807) is 35.6 Å². The summed E-state index contributed by atoms with van der Waals surface area (Å²) in [4.78, 5) is 11.4. The van der Waals surface area contributed by atoms with Crippen molar-refractivity contribution >= 4 is 28.6 Å². The molecule has 7 heteroatoms. The van der Waals surface area contributed by atoms with Gasteiger partial charge in [0, 0.05) is 3.57 Å². The van der Waals surface area contributed by atoms with Gasteiger partial charge in [-0.05, 0) is 47.2 Å². The van der Waals surface area contributed by atoms with E-state index in [9.17, 15) is 18.0 Å². The van der Waals surface area contributed by atoms with Gasteiger partial charge in [-0.25, -0.2) is 0 Å². The van der Waals surface area contributed by atoms with Gasteiger partial charge in [-0.2, -0.15) is 18.4 Å². The fourth-order valence-electron chi connectivity index (χ4n) is 1.50. The van der Waals surface area contributed by atoms with Crippen LogP contribution in [0.3, 0.4) is 0 Å². The third-order valence-corrected chi connectivity index (χ3v) is 3.53. The Hall–Kier alpha value is -1.30. The quantitative estimate of drug-likeness (QED) is 0.595. The Morgan fingerprint density at radius 2 is 2.11 bits per heavy atom. The van der Waals surface area contributed by atoms with E-state index in [1.807, 2.05) is 0 Å². The Labute approximate surface area is 121 Å². The molecule has 19 heavy (non-hydrogen) atoms. The zero-order valence-electron chi connectivity index (χ0n) is 9.84. The highest BCUT2D eigenvalue weighted by atomic mass is 127. The van der Waals surface area contributed by atoms with Gasteiger partial charge in [0.25, 0.3) is 0 Å². The first kappa shape index (κ1) is 15.8. The minimum Gasteiger partial charge on any atom is -0.466 e. The molecule has 0 atom stereocenters. The molecule has 0 heterocycles. The van der Waals surface area contributed by atoms with Crippen molar-refractivity contribution in [1.29, 1.82) is 5.26 Å². The first-order valence-electron chi connectivity index (χ1n) is 5.25. The summed E-state index contributed by atoms with van der Waals surface area (Å²) in [5.74, 6) is -0.749. The SMILES string of the molecule is CCOC(=O)Cc1c(C(F)(F)F)ccc(C#N)c1I. The predicted octanol–water partition coefficient (Wildman–Crippen LogP) is 3.29. The molecule has 0 aromatic heterocycles. The molecule has 3 nitrogen and oxygen atoms in total. The van der Waals surface area contributed by atoms with Gasteiger partial charge < -0.3 is 4.74 Å². The van der Waals surface area contributed by atoms with E-state index in [0.717, 1.165) is 12.1 Å². The summed E-state index contributed by atoms with van der Waals surface area (Å²) in [7, 11) is 0. The third kappa shape index (κ3) is 3.83. The molecule has 1 aromatic rings. The molecule has 0 unspecified atom stereocenters. The molecule has 1 rings (SSSR count). The molecule has 0 amide bonds. The fourth-order valence-corrected chi connectivity index (χ4v) is 2.28. The summed E-state index contributed by atoms with van der Waals surface area (Å²) in [5, 5.41) is 8.82. The van der Waals surface area contributed by atoms with Crippen LogP contribution in [0.2, 0.25) is 0 Å². The number of hydrogen-bond donors (Lipinski definition) is 0. The van der Waals surface area contributed by atoms with Crippen LogP contribution in [0, 0.1) is 14.9 Å².